The van der Waals surface area contributed by atoms with Crippen LogP contribution in [0.25, 0.3) is 0 Å². The molecule has 2 heterocycles. The fourth-order valence-corrected chi connectivity index (χ4v) is 6.57. The Labute approximate surface area is 224 Å². The lowest BCUT2D eigenvalue weighted by Crippen LogP contribution is -2.40. The van der Waals surface area contributed by atoms with E-state index in [4.69, 9.17) is 9.47 Å². The minimum absolute atomic E-state index is 0.103. The molecular formula is C24H29N5O5S3. The second-order valence-electron chi connectivity index (χ2n) is 8.49. The van der Waals surface area contributed by atoms with Gasteiger partial charge < -0.3 is 20.1 Å². The number of sulfonamides is 1. The van der Waals surface area contributed by atoms with E-state index >= 15 is 0 Å². The molecule has 0 aliphatic carbocycles. The number of nitrogens with one attached hydrogen (secondary N) is 2. The van der Waals surface area contributed by atoms with E-state index in [0.29, 0.717) is 47.4 Å². The number of amides is 1. The number of ether oxygens (including phenoxy) is 2. The summed E-state index contributed by atoms with van der Waals surface area (Å²) in [5.41, 5.74) is 2.56. The zero-order valence-corrected chi connectivity index (χ0v) is 23.2. The number of methoxy groups -OCH3 is 1. The predicted molar refractivity (Wildman–Crippen MR) is 146 cm³/mol. The molecule has 0 spiro atoms. The van der Waals surface area contributed by atoms with E-state index in [-0.39, 0.29) is 22.3 Å². The minimum atomic E-state index is -3.68. The van der Waals surface area contributed by atoms with Crippen LogP contribution in [0.2, 0.25) is 0 Å². The quantitative estimate of drug-likeness (QED) is 0.350. The number of anilines is 3. The molecule has 0 unspecified atom stereocenters. The Bertz CT molecular complexity index is 1320. The van der Waals surface area contributed by atoms with Crippen molar-refractivity contribution in [2.75, 3.05) is 49.8 Å². The van der Waals surface area contributed by atoms with Gasteiger partial charge in [0.2, 0.25) is 21.1 Å². The predicted octanol–water partition coefficient (Wildman–Crippen LogP) is 4.17. The van der Waals surface area contributed by atoms with Gasteiger partial charge in [0.15, 0.2) is 4.34 Å². The number of thioether (sulfide) groups is 1. The third-order valence-corrected chi connectivity index (χ3v) is 9.48. The van der Waals surface area contributed by atoms with Crippen molar-refractivity contribution in [2.24, 2.45) is 0 Å². The van der Waals surface area contributed by atoms with Crippen LogP contribution in [0.3, 0.4) is 0 Å². The molecule has 2 N–H and O–H groups in total. The number of carbonyl (C=O) groups is 1. The Hall–Kier alpha value is -2.71. The fourth-order valence-electron chi connectivity index (χ4n) is 3.58. The molecule has 1 aliphatic heterocycles. The van der Waals surface area contributed by atoms with Crippen molar-refractivity contribution in [3.8, 4) is 5.75 Å². The standard InChI is InChI=1S/C24H29N5O5S3/c1-16(2)17-4-6-18(7-5-17)25-23-27-28-24(36-23)35-15-22(30)26-20-9-8-19(14-21(20)33-3)37(31,32)29-10-12-34-13-11-29/h4-9,14,16H,10-13,15H2,1-3H3,(H,25,27)(H,26,30). The Morgan fingerprint density at radius 3 is 2.57 bits per heavy atom. The highest BCUT2D eigenvalue weighted by Crippen LogP contribution is 2.31. The number of hydrogen-bond acceptors (Lipinski definition) is 10. The summed E-state index contributed by atoms with van der Waals surface area (Å²) in [4.78, 5) is 12.7. The van der Waals surface area contributed by atoms with E-state index in [1.165, 1.54) is 58.3 Å². The van der Waals surface area contributed by atoms with Crippen molar-refractivity contribution in [2.45, 2.75) is 29.0 Å². The molecule has 2 aromatic carbocycles. The van der Waals surface area contributed by atoms with E-state index in [2.05, 4.69) is 46.8 Å². The Morgan fingerprint density at radius 2 is 1.89 bits per heavy atom. The molecule has 1 saturated heterocycles. The van der Waals surface area contributed by atoms with Crippen LogP contribution in [0.1, 0.15) is 25.3 Å². The average Bonchev–Trinajstić information content (AvgIpc) is 3.35. The zero-order chi connectivity index (χ0) is 26.4. The molecule has 0 bridgehead atoms. The molecule has 1 fully saturated rings. The van der Waals surface area contributed by atoms with Crippen LogP contribution in [0, 0.1) is 0 Å². The second-order valence-corrected chi connectivity index (χ2v) is 12.6. The molecule has 1 aromatic heterocycles. The number of carbonyl (C=O) groups excluding carboxylic acids is 1. The highest BCUT2D eigenvalue weighted by molar-refractivity contribution is 8.01. The Balaban J connectivity index is 1.33. The maximum absolute atomic E-state index is 12.9. The van der Waals surface area contributed by atoms with Crippen LogP contribution in [-0.4, -0.2) is 68.0 Å². The van der Waals surface area contributed by atoms with E-state index in [0.717, 1.165) is 5.69 Å². The molecule has 13 heteroatoms. The first kappa shape index (κ1) is 27.3. The first-order chi connectivity index (χ1) is 17.8. The minimum Gasteiger partial charge on any atom is -0.495 e. The van der Waals surface area contributed by atoms with Crippen molar-refractivity contribution >= 4 is 55.5 Å². The zero-order valence-electron chi connectivity index (χ0n) is 20.8. The van der Waals surface area contributed by atoms with Gasteiger partial charge in [0.05, 0.1) is 36.7 Å². The highest BCUT2D eigenvalue weighted by atomic mass is 32.2. The average molecular weight is 564 g/mol. The Morgan fingerprint density at radius 1 is 1.16 bits per heavy atom. The second kappa shape index (κ2) is 12.2. The summed E-state index contributed by atoms with van der Waals surface area (Å²) in [6, 6.07) is 12.6. The lowest BCUT2D eigenvalue weighted by molar-refractivity contribution is -0.113. The topological polar surface area (TPSA) is 123 Å². The normalized spacial score (nSPS) is 14.5. The van der Waals surface area contributed by atoms with E-state index in [1.807, 2.05) is 12.1 Å². The van der Waals surface area contributed by atoms with Gasteiger partial charge in [0.25, 0.3) is 0 Å². The van der Waals surface area contributed by atoms with Crippen molar-refractivity contribution in [1.82, 2.24) is 14.5 Å². The van der Waals surface area contributed by atoms with Gasteiger partial charge in [-0.15, -0.1) is 10.2 Å². The first-order valence-corrected chi connectivity index (χ1v) is 14.9. The van der Waals surface area contributed by atoms with Gasteiger partial charge in [-0.3, -0.25) is 4.79 Å². The third-order valence-electron chi connectivity index (χ3n) is 5.62. The summed E-state index contributed by atoms with van der Waals surface area (Å²) in [5, 5.41) is 14.9. The van der Waals surface area contributed by atoms with Crippen LogP contribution in [0.15, 0.2) is 51.7 Å². The smallest absolute Gasteiger partial charge is 0.243 e. The van der Waals surface area contributed by atoms with Crippen molar-refractivity contribution in [3.05, 3.63) is 48.0 Å². The molecule has 10 nitrogen and oxygen atoms in total. The van der Waals surface area contributed by atoms with Crippen LogP contribution >= 0.6 is 23.1 Å². The lowest BCUT2D eigenvalue weighted by atomic mass is 10.0. The van der Waals surface area contributed by atoms with Gasteiger partial charge in [-0.05, 0) is 35.7 Å². The fraction of sp³-hybridized carbons (Fsp3) is 0.375. The van der Waals surface area contributed by atoms with Gasteiger partial charge in [0.1, 0.15) is 5.75 Å². The first-order valence-electron chi connectivity index (χ1n) is 11.7. The van der Waals surface area contributed by atoms with Gasteiger partial charge in [-0.25, -0.2) is 8.42 Å². The molecule has 3 aromatic rings. The highest BCUT2D eigenvalue weighted by Gasteiger charge is 2.27. The van der Waals surface area contributed by atoms with Gasteiger partial charge in [0, 0.05) is 24.8 Å². The van der Waals surface area contributed by atoms with Crippen LogP contribution in [-0.2, 0) is 19.6 Å². The number of nitrogens with zero attached hydrogens (tertiary/aromatic N) is 3. The molecule has 0 radical (unpaired) electrons. The number of benzene rings is 2. The summed E-state index contributed by atoms with van der Waals surface area (Å²) >= 11 is 2.62. The molecule has 198 valence electrons. The molecule has 1 amide bonds. The van der Waals surface area contributed by atoms with Gasteiger partial charge in [-0.2, -0.15) is 4.31 Å². The van der Waals surface area contributed by atoms with Crippen molar-refractivity contribution < 1.29 is 22.7 Å². The number of morpholine rings is 1. The molecular weight excluding hydrogens is 534 g/mol. The van der Waals surface area contributed by atoms with Gasteiger partial charge in [-0.1, -0.05) is 49.1 Å². The number of aromatic nitrogens is 2. The summed E-state index contributed by atoms with van der Waals surface area (Å²) in [6.45, 7) is 5.62. The number of rotatable bonds is 10. The van der Waals surface area contributed by atoms with E-state index in [1.54, 1.807) is 0 Å². The van der Waals surface area contributed by atoms with Crippen LogP contribution in [0.5, 0.6) is 5.75 Å². The summed E-state index contributed by atoms with van der Waals surface area (Å²) in [5.74, 6) is 0.555. The number of hydrogen-bond donors (Lipinski definition) is 2. The molecule has 37 heavy (non-hydrogen) atoms. The van der Waals surface area contributed by atoms with Crippen LogP contribution < -0.4 is 15.4 Å². The molecule has 0 atom stereocenters. The van der Waals surface area contributed by atoms with Crippen molar-refractivity contribution in [3.63, 3.8) is 0 Å². The molecule has 1 aliphatic rings. The van der Waals surface area contributed by atoms with Crippen molar-refractivity contribution in [1.29, 1.82) is 0 Å². The SMILES string of the molecule is COc1cc(S(=O)(=O)N2CCOCC2)ccc1NC(=O)CSc1nnc(Nc2ccc(C(C)C)cc2)s1. The third kappa shape index (κ3) is 6.99. The molecule has 0 saturated carbocycles. The monoisotopic (exact) mass is 563 g/mol. The summed E-state index contributed by atoms with van der Waals surface area (Å²) < 4.78 is 38.5. The summed E-state index contributed by atoms with van der Waals surface area (Å²) in [6.07, 6.45) is 0. The maximum Gasteiger partial charge on any atom is 0.243 e. The van der Waals surface area contributed by atoms with E-state index in [9.17, 15) is 13.2 Å². The van der Waals surface area contributed by atoms with Gasteiger partial charge >= 0.3 is 0 Å². The Kier molecular flexibility index (Phi) is 9.03. The maximum atomic E-state index is 12.9. The lowest BCUT2D eigenvalue weighted by Gasteiger charge is -2.26. The summed E-state index contributed by atoms with van der Waals surface area (Å²) in [7, 11) is -2.25. The largest absolute Gasteiger partial charge is 0.495 e. The van der Waals surface area contributed by atoms with E-state index < -0.39 is 10.0 Å². The van der Waals surface area contributed by atoms with Crippen LogP contribution in [0.4, 0.5) is 16.5 Å². The molecule has 4 rings (SSSR count).